The van der Waals surface area contributed by atoms with E-state index in [1.165, 1.54) is 18.4 Å². The van der Waals surface area contributed by atoms with Gasteiger partial charge in [0.2, 0.25) is 5.91 Å². The van der Waals surface area contributed by atoms with Crippen LogP contribution in [0.5, 0.6) is 11.5 Å². The summed E-state index contributed by atoms with van der Waals surface area (Å²) in [6, 6.07) is 16.5. The Balaban J connectivity index is 1.54. The number of rotatable bonds is 8. The molecule has 178 valence electrons. The molecule has 0 radical (unpaired) electrons. The molecule has 33 heavy (non-hydrogen) atoms. The zero-order valence-corrected chi connectivity index (χ0v) is 19.8. The number of hydrogen-bond donors (Lipinski definition) is 1. The molecule has 2 aromatic carbocycles. The van der Waals surface area contributed by atoms with E-state index in [1.54, 1.807) is 14.0 Å². The first-order valence-electron chi connectivity index (χ1n) is 12.1. The van der Waals surface area contributed by atoms with E-state index in [2.05, 4.69) is 29.2 Å². The van der Waals surface area contributed by atoms with Crippen LogP contribution >= 0.6 is 0 Å². The highest BCUT2D eigenvalue weighted by Gasteiger charge is 2.31. The largest absolute Gasteiger partial charge is 0.493 e. The Bertz CT molecular complexity index is 912. The monoisotopic (exact) mass is 452 g/mol. The van der Waals surface area contributed by atoms with Gasteiger partial charge in [0.25, 0.3) is 0 Å². The van der Waals surface area contributed by atoms with Crippen molar-refractivity contribution in [3.63, 3.8) is 0 Å². The average molecular weight is 453 g/mol. The number of anilines is 1. The molecule has 1 aliphatic carbocycles. The number of benzene rings is 2. The van der Waals surface area contributed by atoms with Gasteiger partial charge in [-0.25, -0.2) is 0 Å². The summed E-state index contributed by atoms with van der Waals surface area (Å²) in [5.74, 6) is 1.58. The molecule has 2 atom stereocenters. The minimum absolute atomic E-state index is 0.0190. The number of methoxy groups -OCH3 is 1. The smallest absolute Gasteiger partial charge is 0.225 e. The number of hydrogen-bond acceptors (Lipinski definition) is 5. The maximum absolute atomic E-state index is 12.9. The van der Waals surface area contributed by atoms with Gasteiger partial charge in [0.05, 0.1) is 31.8 Å². The molecule has 6 nitrogen and oxygen atoms in total. The van der Waals surface area contributed by atoms with Crippen LogP contribution in [0, 0.1) is 0 Å². The van der Waals surface area contributed by atoms with Gasteiger partial charge in [0.1, 0.15) is 0 Å². The number of carbonyl (C=O) groups excluding carboxylic acids is 1. The molecule has 2 aliphatic rings. The number of amides is 1. The molecule has 1 saturated heterocycles. The lowest BCUT2D eigenvalue weighted by molar-refractivity contribution is -0.135. The highest BCUT2D eigenvalue weighted by Crippen LogP contribution is 2.36. The normalized spacial score (nSPS) is 20.0. The Morgan fingerprint density at radius 3 is 2.55 bits per heavy atom. The Labute approximate surface area is 197 Å². The van der Waals surface area contributed by atoms with E-state index in [4.69, 9.17) is 9.47 Å². The highest BCUT2D eigenvalue weighted by molar-refractivity contribution is 5.77. The molecule has 2 fully saturated rings. The molecule has 6 heteroatoms. The van der Waals surface area contributed by atoms with E-state index in [0.29, 0.717) is 6.54 Å². The molecule has 2 unspecified atom stereocenters. The van der Waals surface area contributed by atoms with Crippen molar-refractivity contribution in [2.75, 3.05) is 31.6 Å². The molecule has 0 bridgehead atoms. The third-order valence-corrected chi connectivity index (χ3v) is 6.70. The van der Waals surface area contributed by atoms with Gasteiger partial charge in [0.15, 0.2) is 11.5 Å². The summed E-state index contributed by atoms with van der Waals surface area (Å²) < 4.78 is 11.9. The fourth-order valence-electron chi connectivity index (χ4n) is 4.99. The zero-order valence-electron chi connectivity index (χ0n) is 19.8. The molecule has 0 aromatic heterocycles. The molecule has 2 aromatic rings. The summed E-state index contributed by atoms with van der Waals surface area (Å²) in [7, 11) is 1.68. The van der Waals surface area contributed by atoms with Crippen molar-refractivity contribution in [3.8, 4) is 11.5 Å². The lowest BCUT2D eigenvalue weighted by Gasteiger charge is -2.43. The van der Waals surface area contributed by atoms with E-state index in [0.717, 1.165) is 49.5 Å². The Morgan fingerprint density at radius 2 is 1.85 bits per heavy atom. The number of ether oxygens (including phenoxy) is 2. The topological polar surface area (TPSA) is 62.2 Å². The third-order valence-electron chi connectivity index (χ3n) is 6.70. The lowest BCUT2D eigenvalue weighted by atomic mass is 10.0. The van der Waals surface area contributed by atoms with E-state index in [-0.39, 0.29) is 24.5 Å². The molecule has 1 amide bonds. The minimum atomic E-state index is -0.634. The molecule has 1 N–H and O–H groups in total. The van der Waals surface area contributed by atoms with Gasteiger partial charge in [0, 0.05) is 31.4 Å². The summed E-state index contributed by atoms with van der Waals surface area (Å²) in [6.07, 6.45) is 5.19. The Kier molecular flexibility index (Phi) is 7.76. The van der Waals surface area contributed by atoms with Gasteiger partial charge in [-0.15, -0.1) is 0 Å². The van der Waals surface area contributed by atoms with E-state index in [9.17, 15) is 9.90 Å². The van der Waals surface area contributed by atoms with Crippen LogP contribution in [0.1, 0.15) is 44.6 Å². The summed E-state index contributed by atoms with van der Waals surface area (Å²) in [6.45, 7) is 3.78. The van der Waals surface area contributed by atoms with Crippen molar-refractivity contribution in [3.05, 3.63) is 54.1 Å². The Morgan fingerprint density at radius 1 is 1.09 bits per heavy atom. The number of aliphatic hydroxyl groups excluding tert-OH is 1. The van der Waals surface area contributed by atoms with Crippen LogP contribution in [0.4, 0.5) is 5.69 Å². The first-order valence-corrected chi connectivity index (χ1v) is 12.1. The highest BCUT2D eigenvalue weighted by atomic mass is 16.5. The van der Waals surface area contributed by atoms with Crippen LogP contribution in [0.3, 0.4) is 0 Å². The zero-order chi connectivity index (χ0) is 23.2. The standard InChI is InChI=1S/C27H36N2O4/c1-20(30)16-27(31)29-15-14-28(19-23(29)17-21-8-4-3-5-9-21)22-12-13-25(32-2)26(18-22)33-24-10-6-7-11-24/h3-5,8-9,12-13,18,20,23-24,30H,6-7,10-11,14-17,19H2,1-2H3. The van der Waals surface area contributed by atoms with Gasteiger partial charge >= 0.3 is 0 Å². The van der Waals surface area contributed by atoms with Gasteiger partial charge in [-0.3, -0.25) is 4.79 Å². The second-order valence-corrected chi connectivity index (χ2v) is 9.29. The number of carbonyl (C=O) groups is 1. The maximum atomic E-state index is 12.9. The lowest BCUT2D eigenvalue weighted by Crippen LogP contribution is -2.56. The van der Waals surface area contributed by atoms with Crippen molar-refractivity contribution in [1.29, 1.82) is 0 Å². The quantitative estimate of drug-likeness (QED) is 0.655. The molecule has 0 spiro atoms. The predicted octanol–water partition coefficient (Wildman–Crippen LogP) is 4.05. The molecule has 1 aliphatic heterocycles. The van der Waals surface area contributed by atoms with Crippen LogP contribution in [0.2, 0.25) is 0 Å². The summed E-state index contributed by atoms with van der Waals surface area (Å²) in [4.78, 5) is 17.2. The number of nitrogens with zero attached hydrogens (tertiary/aromatic N) is 2. The van der Waals surface area contributed by atoms with E-state index in [1.807, 2.05) is 29.2 Å². The fraction of sp³-hybridized carbons (Fsp3) is 0.519. The van der Waals surface area contributed by atoms with Gasteiger partial charge < -0.3 is 24.4 Å². The molecule has 4 rings (SSSR count). The molecular weight excluding hydrogens is 416 g/mol. The predicted molar refractivity (Wildman–Crippen MR) is 130 cm³/mol. The van der Waals surface area contributed by atoms with Crippen LogP contribution in [-0.2, 0) is 11.2 Å². The van der Waals surface area contributed by atoms with E-state index >= 15 is 0 Å². The summed E-state index contributed by atoms with van der Waals surface area (Å²) >= 11 is 0. The van der Waals surface area contributed by atoms with Crippen LogP contribution in [0.25, 0.3) is 0 Å². The SMILES string of the molecule is COc1ccc(N2CCN(C(=O)CC(C)O)C(Cc3ccccc3)C2)cc1OC1CCCC1. The van der Waals surface area contributed by atoms with Crippen molar-refractivity contribution >= 4 is 11.6 Å². The second-order valence-electron chi connectivity index (χ2n) is 9.29. The van der Waals surface area contributed by atoms with Gasteiger partial charge in [-0.05, 0) is 56.7 Å². The third kappa shape index (κ3) is 5.99. The molecule has 1 heterocycles. The van der Waals surface area contributed by atoms with Crippen LogP contribution in [0.15, 0.2) is 48.5 Å². The van der Waals surface area contributed by atoms with Crippen molar-refractivity contribution in [2.45, 2.75) is 63.7 Å². The second kappa shape index (κ2) is 10.9. The summed E-state index contributed by atoms with van der Waals surface area (Å²) in [5, 5.41) is 9.77. The van der Waals surface area contributed by atoms with Crippen molar-refractivity contribution < 1.29 is 19.4 Å². The molecule has 1 saturated carbocycles. The first-order chi connectivity index (χ1) is 16.0. The maximum Gasteiger partial charge on any atom is 0.225 e. The Hall–Kier alpha value is -2.73. The number of piperazine rings is 1. The fourth-order valence-corrected chi connectivity index (χ4v) is 4.99. The number of aliphatic hydroxyl groups is 1. The first kappa shape index (κ1) is 23.4. The molecular formula is C27H36N2O4. The van der Waals surface area contributed by atoms with Crippen LogP contribution in [-0.4, -0.2) is 60.9 Å². The van der Waals surface area contributed by atoms with Gasteiger partial charge in [-0.2, -0.15) is 0 Å². The van der Waals surface area contributed by atoms with Crippen molar-refractivity contribution in [1.82, 2.24) is 4.90 Å². The average Bonchev–Trinajstić information content (AvgIpc) is 3.32. The van der Waals surface area contributed by atoms with Gasteiger partial charge in [-0.1, -0.05) is 30.3 Å². The van der Waals surface area contributed by atoms with Crippen LogP contribution < -0.4 is 14.4 Å². The minimum Gasteiger partial charge on any atom is -0.493 e. The summed E-state index contributed by atoms with van der Waals surface area (Å²) in [5.41, 5.74) is 2.30. The van der Waals surface area contributed by atoms with E-state index < -0.39 is 6.10 Å². The van der Waals surface area contributed by atoms with Crippen molar-refractivity contribution in [2.24, 2.45) is 0 Å².